The molecule has 0 bridgehead atoms. The van der Waals surface area contributed by atoms with Gasteiger partial charge in [-0.2, -0.15) is 0 Å². The van der Waals surface area contributed by atoms with Crippen LogP contribution in [-0.2, 0) is 14.3 Å². The zero-order chi connectivity index (χ0) is 18.1. The van der Waals surface area contributed by atoms with E-state index < -0.39 is 6.09 Å². The Bertz CT molecular complexity index is 920. The van der Waals surface area contributed by atoms with E-state index in [9.17, 15) is 9.59 Å². The number of nitrogens with one attached hydrogen (secondary N) is 2. The van der Waals surface area contributed by atoms with E-state index in [2.05, 4.69) is 10.6 Å². The number of anilines is 1. The van der Waals surface area contributed by atoms with Crippen LogP contribution in [0.5, 0.6) is 0 Å². The lowest BCUT2D eigenvalue weighted by molar-refractivity contribution is -0.110. The Morgan fingerprint density at radius 2 is 1.88 bits per heavy atom. The number of benzene rings is 2. The molecule has 2 aliphatic rings. The quantitative estimate of drug-likeness (QED) is 0.833. The van der Waals surface area contributed by atoms with E-state index in [0.717, 1.165) is 22.4 Å². The van der Waals surface area contributed by atoms with Crippen molar-refractivity contribution in [2.45, 2.75) is 13.0 Å². The zero-order valence-electron chi connectivity index (χ0n) is 14.2. The fraction of sp³-hybridized carbons (Fsp3) is 0.200. The van der Waals surface area contributed by atoms with E-state index in [1.165, 1.54) is 0 Å². The van der Waals surface area contributed by atoms with Gasteiger partial charge in [0, 0.05) is 22.4 Å². The molecule has 0 saturated heterocycles. The minimum Gasteiger partial charge on any atom is -0.482 e. The molecule has 132 valence electrons. The lowest BCUT2D eigenvalue weighted by Gasteiger charge is -2.13. The van der Waals surface area contributed by atoms with Gasteiger partial charge in [0.05, 0.1) is 18.7 Å². The van der Waals surface area contributed by atoms with E-state index >= 15 is 0 Å². The van der Waals surface area contributed by atoms with Crippen LogP contribution in [0.1, 0.15) is 29.7 Å². The lowest BCUT2D eigenvalue weighted by atomic mass is 9.99. The zero-order valence-corrected chi connectivity index (χ0v) is 14.2. The fourth-order valence-electron chi connectivity index (χ4n) is 3.30. The van der Waals surface area contributed by atoms with Crippen molar-refractivity contribution in [2.75, 3.05) is 18.5 Å². The topological polar surface area (TPSA) is 76.7 Å². The summed E-state index contributed by atoms with van der Waals surface area (Å²) in [5, 5.41) is 5.57. The predicted octanol–water partition coefficient (Wildman–Crippen LogP) is 3.32. The first kappa shape index (κ1) is 16.2. The van der Waals surface area contributed by atoms with Crippen LogP contribution in [0.4, 0.5) is 10.5 Å². The maximum atomic E-state index is 12.5. The van der Waals surface area contributed by atoms with Crippen molar-refractivity contribution in [1.29, 1.82) is 0 Å². The molecule has 0 aliphatic carbocycles. The Balaban J connectivity index is 1.71. The third kappa shape index (κ3) is 2.69. The van der Waals surface area contributed by atoms with Gasteiger partial charge in [-0.25, -0.2) is 4.79 Å². The number of alkyl carbamates (subject to hydrolysis) is 1. The van der Waals surface area contributed by atoms with Gasteiger partial charge < -0.3 is 20.1 Å². The number of ether oxygens (including phenoxy) is 2. The van der Waals surface area contributed by atoms with E-state index in [4.69, 9.17) is 9.47 Å². The van der Waals surface area contributed by atoms with Crippen LogP contribution >= 0.6 is 0 Å². The third-order valence-electron chi connectivity index (χ3n) is 4.42. The predicted molar refractivity (Wildman–Crippen MR) is 97.2 cm³/mol. The Labute approximate surface area is 150 Å². The molecular formula is C20H18N2O4. The second-order valence-electron chi connectivity index (χ2n) is 6.00. The molecular weight excluding hydrogens is 332 g/mol. The van der Waals surface area contributed by atoms with Gasteiger partial charge >= 0.3 is 6.09 Å². The van der Waals surface area contributed by atoms with Crippen molar-refractivity contribution in [3.8, 4) is 0 Å². The molecule has 2 aromatic rings. The van der Waals surface area contributed by atoms with Crippen LogP contribution in [0.25, 0.3) is 11.3 Å². The summed E-state index contributed by atoms with van der Waals surface area (Å²) in [7, 11) is 0. The summed E-state index contributed by atoms with van der Waals surface area (Å²) in [5.41, 5.74) is 3.91. The maximum Gasteiger partial charge on any atom is 0.407 e. The van der Waals surface area contributed by atoms with Crippen LogP contribution in [-0.4, -0.2) is 25.2 Å². The van der Waals surface area contributed by atoms with Crippen molar-refractivity contribution in [1.82, 2.24) is 5.32 Å². The highest BCUT2D eigenvalue weighted by Crippen LogP contribution is 2.45. The standard InChI is InChI=1S/C20H18N2O4/c1-2-25-20(24)21-11-16-12-7-3-4-8-13(12)18(26-16)17-14-9-5-6-10-15(14)22-19(17)23/h3-10,16H,2,11H2,1H3,(H,21,24)(H,22,23)/b18-17-. The molecule has 6 heteroatoms. The van der Waals surface area contributed by atoms with E-state index in [-0.39, 0.29) is 18.6 Å². The van der Waals surface area contributed by atoms with Gasteiger partial charge in [-0.15, -0.1) is 0 Å². The summed E-state index contributed by atoms with van der Waals surface area (Å²) >= 11 is 0. The molecule has 0 spiro atoms. The van der Waals surface area contributed by atoms with Gasteiger partial charge in [0.15, 0.2) is 0 Å². The molecule has 0 fully saturated rings. The number of carbonyl (C=O) groups is 2. The van der Waals surface area contributed by atoms with Crippen molar-refractivity contribution >= 4 is 29.0 Å². The molecule has 4 rings (SSSR count). The molecule has 1 atom stereocenters. The van der Waals surface area contributed by atoms with Gasteiger partial charge in [0.1, 0.15) is 11.9 Å². The summed E-state index contributed by atoms with van der Waals surface area (Å²) in [6.45, 7) is 2.32. The minimum atomic E-state index is -0.487. The molecule has 0 radical (unpaired) electrons. The van der Waals surface area contributed by atoms with Gasteiger partial charge in [-0.1, -0.05) is 42.5 Å². The normalized spacial score (nSPS) is 20.0. The number of hydrogen-bond acceptors (Lipinski definition) is 4. The summed E-state index contributed by atoms with van der Waals surface area (Å²) < 4.78 is 11.0. The molecule has 2 aromatic carbocycles. The number of fused-ring (bicyclic) bond motifs is 2. The average molecular weight is 350 g/mol. The Morgan fingerprint density at radius 1 is 1.15 bits per heavy atom. The molecule has 0 aromatic heterocycles. The monoisotopic (exact) mass is 350 g/mol. The lowest BCUT2D eigenvalue weighted by Crippen LogP contribution is -2.28. The third-order valence-corrected chi connectivity index (χ3v) is 4.42. The van der Waals surface area contributed by atoms with Gasteiger partial charge in [0.25, 0.3) is 5.91 Å². The second-order valence-corrected chi connectivity index (χ2v) is 6.00. The Morgan fingerprint density at radius 3 is 2.69 bits per heavy atom. The average Bonchev–Trinajstić information content (AvgIpc) is 3.17. The van der Waals surface area contributed by atoms with E-state index in [1.54, 1.807) is 6.92 Å². The van der Waals surface area contributed by atoms with E-state index in [0.29, 0.717) is 17.9 Å². The second kappa shape index (κ2) is 6.55. The van der Waals surface area contributed by atoms with E-state index in [1.807, 2.05) is 48.5 Å². The smallest absolute Gasteiger partial charge is 0.407 e. The summed E-state index contributed by atoms with van der Waals surface area (Å²) in [6, 6.07) is 15.2. The van der Waals surface area contributed by atoms with Crippen molar-refractivity contribution in [3.05, 3.63) is 65.2 Å². The van der Waals surface area contributed by atoms with Gasteiger partial charge in [0.2, 0.25) is 0 Å². The van der Waals surface area contributed by atoms with Gasteiger partial charge in [-0.05, 0) is 13.0 Å². The van der Waals surface area contributed by atoms with Crippen LogP contribution < -0.4 is 10.6 Å². The molecule has 1 unspecified atom stereocenters. The summed E-state index contributed by atoms with van der Waals surface area (Å²) in [5.74, 6) is 0.355. The van der Waals surface area contributed by atoms with Crippen molar-refractivity contribution in [2.24, 2.45) is 0 Å². The van der Waals surface area contributed by atoms with Crippen LogP contribution in [0.2, 0.25) is 0 Å². The number of rotatable bonds is 3. The van der Waals surface area contributed by atoms with Crippen LogP contribution in [0, 0.1) is 0 Å². The molecule has 2 heterocycles. The molecule has 26 heavy (non-hydrogen) atoms. The number of amides is 2. The van der Waals surface area contributed by atoms with Crippen LogP contribution in [0.15, 0.2) is 48.5 Å². The maximum absolute atomic E-state index is 12.5. The highest BCUT2D eigenvalue weighted by molar-refractivity contribution is 6.36. The molecule has 2 amide bonds. The molecule has 0 saturated carbocycles. The largest absolute Gasteiger partial charge is 0.482 e. The number of hydrogen-bond donors (Lipinski definition) is 2. The Hall–Kier alpha value is -3.28. The number of carbonyl (C=O) groups excluding carboxylic acids is 2. The molecule has 6 nitrogen and oxygen atoms in total. The Kier molecular flexibility index (Phi) is 4.08. The first-order valence-electron chi connectivity index (χ1n) is 8.50. The molecule has 2 N–H and O–H groups in total. The molecule has 2 aliphatic heterocycles. The minimum absolute atomic E-state index is 0.185. The highest BCUT2D eigenvalue weighted by atomic mass is 16.5. The summed E-state index contributed by atoms with van der Waals surface area (Å²) in [6.07, 6.45) is -0.864. The summed E-state index contributed by atoms with van der Waals surface area (Å²) in [4.78, 5) is 24.1. The van der Waals surface area contributed by atoms with Crippen molar-refractivity contribution < 1.29 is 19.1 Å². The first-order chi connectivity index (χ1) is 12.7. The highest BCUT2D eigenvalue weighted by Gasteiger charge is 2.36. The fourth-order valence-corrected chi connectivity index (χ4v) is 3.30. The van der Waals surface area contributed by atoms with Crippen LogP contribution in [0.3, 0.4) is 0 Å². The van der Waals surface area contributed by atoms with Crippen molar-refractivity contribution in [3.63, 3.8) is 0 Å². The SMILES string of the molecule is CCOC(=O)NCC1O/C(=C2\C(=O)Nc3ccccc32)c2ccccc21. The number of para-hydroxylation sites is 1. The van der Waals surface area contributed by atoms with Gasteiger partial charge in [-0.3, -0.25) is 4.79 Å². The first-order valence-corrected chi connectivity index (χ1v) is 8.50.